The number of ether oxygens (including phenoxy) is 1. The predicted octanol–water partition coefficient (Wildman–Crippen LogP) is 2.28. The summed E-state index contributed by atoms with van der Waals surface area (Å²) in [5.41, 5.74) is 0.422. The molecule has 3 heteroatoms. The number of piperazine rings is 1. The van der Waals surface area contributed by atoms with E-state index in [1.165, 1.54) is 32.2 Å². The van der Waals surface area contributed by atoms with Gasteiger partial charge in [0.25, 0.3) is 0 Å². The van der Waals surface area contributed by atoms with Crippen LogP contribution in [0.5, 0.6) is 5.75 Å². The molecule has 0 amide bonds. The fourth-order valence-corrected chi connectivity index (χ4v) is 3.43. The first-order valence-electron chi connectivity index (χ1n) is 7.52. The second-order valence-electron chi connectivity index (χ2n) is 5.85. The maximum absolute atomic E-state index is 5.80. The van der Waals surface area contributed by atoms with Crippen molar-refractivity contribution in [1.29, 1.82) is 0 Å². The quantitative estimate of drug-likeness (QED) is 0.899. The Morgan fingerprint density at radius 2 is 1.95 bits per heavy atom. The third kappa shape index (κ3) is 3.28. The lowest BCUT2D eigenvalue weighted by Gasteiger charge is -2.41. The minimum Gasteiger partial charge on any atom is -0.492 e. The fraction of sp³-hybridized carbons (Fsp3) is 0.625. The van der Waals surface area contributed by atoms with Crippen LogP contribution in [0.25, 0.3) is 0 Å². The maximum Gasteiger partial charge on any atom is 0.119 e. The van der Waals surface area contributed by atoms with Crippen LogP contribution >= 0.6 is 0 Å². The molecule has 1 heterocycles. The van der Waals surface area contributed by atoms with Crippen molar-refractivity contribution in [1.82, 2.24) is 10.2 Å². The highest BCUT2D eigenvalue weighted by molar-refractivity contribution is 5.20. The Morgan fingerprint density at radius 3 is 2.74 bits per heavy atom. The van der Waals surface area contributed by atoms with Crippen molar-refractivity contribution in [3.63, 3.8) is 0 Å². The van der Waals surface area contributed by atoms with Gasteiger partial charge in [0.05, 0.1) is 0 Å². The summed E-state index contributed by atoms with van der Waals surface area (Å²) in [4.78, 5) is 2.56. The van der Waals surface area contributed by atoms with E-state index in [1.54, 1.807) is 0 Å². The van der Waals surface area contributed by atoms with Crippen molar-refractivity contribution < 1.29 is 4.74 Å². The molecule has 104 valence electrons. The lowest BCUT2D eigenvalue weighted by atomic mass is 9.94. The molecule has 3 rings (SSSR count). The van der Waals surface area contributed by atoms with Gasteiger partial charge in [-0.25, -0.2) is 0 Å². The fourth-order valence-electron chi connectivity index (χ4n) is 3.43. The van der Waals surface area contributed by atoms with E-state index in [1.807, 2.05) is 30.3 Å². The number of benzene rings is 1. The highest BCUT2D eigenvalue weighted by Crippen LogP contribution is 2.31. The summed E-state index contributed by atoms with van der Waals surface area (Å²) in [7, 11) is 0. The zero-order valence-electron chi connectivity index (χ0n) is 11.6. The summed E-state index contributed by atoms with van der Waals surface area (Å²) in [6.45, 7) is 5.31. The summed E-state index contributed by atoms with van der Waals surface area (Å²) >= 11 is 0. The topological polar surface area (TPSA) is 24.5 Å². The van der Waals surface area contributed by atoms with Gasteiger partial charge in [0.1, 0.15) is 12.4 Å². The standard InChI is InChI=1S/C16H24N2O/c1-2-6-15(7-3-1)19-13-12-18-11-10-17-16(14-18)8-4-5-9-16/h1-3,6-7,17H,4-5,8-14H2. The lowest BCUT2D eigenvalue weighted by Crippen LogP contribution is -2.59. The van der Waals surface area contributed by atoms with Gasteiger partial charge in [0.15, 0.2) is 0 Å². The van der Waals surface area contributed by atoms with Crippen LogP contribution in [-0.4, -0.2) is 43.2 Å². The van der Waals surface area contributed by atoms with Gasteiger partial charge in [-0.2, -0.15) is 0 Å². The normalized spacial score (nSPS) is 22.7. The largest absolute Gasteiger partial charge is 0.492 e. The third-order valence-corrected chi connectivity index (χ3v) is 4.43. The maximum atomic E-state index is 5.80. The van der Waals surface area contributed by atoms with Crippen LogP contribution in [0, 0.1) is 0 Å². The number of nitrogens with zero attached hydrogens (tertiary/aromatic N) is 1. The zero-order chi connectivity index (χ0) is 13.0. The van der Waals surface area contributed by atoms with Crippen LogP contribution in [0.15, 0.2) is 30.3 Å². The first-order chi connectivity index (χ1) is 9.36. The molecule has 1 aromatic carbocycles. The molecule has 0 bridgehead atoms. The minimum atomic E-state index is 0.422. The molecule has 1 saturated heterocycles. The average molecular weight is 260 g/mol. The lowest BCUT2D eigenvalue weighted by molar-refractivity contribution is 0.117. The Kier molecular flexibility index (Phi) is 4.04. The van der Waals surface area contributed by atoms with Gasteiger partial charge in [-0.15, -0.1) is 0 Å². The number of hydrogen-bond donors (Lipinski definition) is 1. The molecule has 1 aromatic rings. The van der Waals surface area contributed by atoms with Crippen molar-refractivity contribution >= 4 is 0 Å². The van der Waals surface area contributed by atoms with Crippen molar-refractivity contribution in [3.8, 4) is 5.75 Å². The van der Waals surface area contributed by atoms with Gasteiger partial charge in [0, 0.05) is 31.7 Å². The van der Waals surface area contributed by atoms with E-state index in [9.17, 15) is 0 Å². The van der Waals surface area contributed by atoms with Gasteiger partial charge in [-0.05, 0) is 25.0 Å². The summed E-state index contributed by atoms with van der Waals surface area (Å²) in [5, 5.41) is 3.75. The molecule has 0 unspecified atom stereocenters. The van der Waals surface area contributed by atoms with Gasteiger partial charge in [-0.3, -0.25) is 4.90 Å². The summed E-state index contributed by atoms with van der Waals surface area (Å²) in [6.07, 6.45) is 5.48. The van der Waals surface area contributed by atoms with Crippen LogP contribution in [0.3, 0.4) is 0 Å². The van der Waals surface area contributed by atoms with Gasteiger partial charge >= 0.3 is 0 Å². The van der Waals surface area contributed by atoms with Crippen LogP contribution in [-0.2, 0) is 0 Å². The Bertz CT molecular complexity index is 387. The highest BCUT2D eigenvalue weighted by Gasteiger charge is 2.37. The first-order valence-corrected chi connectivity index (χ1v) is 7.52. The monoisotopic (exact) mass is 260 g/mol. The Hall–Kier alpha value is -1.06. The molecule has 3 nitrogen and oxygen atoms in total. The SMILES string of the molecule is c1ccc(OCCN2CCNC3(CCCC3)C2)cc1. The molecular weight excluding hydrogens is 236 g/mol. The van der Waals surface area contributed by atoms with Crippen LogP contribution < -0.4 is 10.1 Å². The predicted molar refractivity (Wildman–Crippen MR) is 77.6 cm³/mol. The van der Waals surface area contributed by atoms with E-state index in [-0.39, 0.29) is 0 Å². The number of rotatable bonds is 4. The molecule has 0 aromatic heterocycles. The van der Waals surface area contributed by atoms with E-state index in [0.29, 0.717) is 5.54 Å². The highest BCUT2D eigenvalue weighted by atomic mass is 16.5. The smallest absolute Gasteiger partial charge is 0.119 e. The average Bonchev–Trinajstić information content (AvgIpc) is 2.88. The van der Waals surface area contributed by atoms with E-state index in [4.69, 9.17) is 4.74 Å². The first kappa shape index (κ1) is 12.9. The molecular formula is C16H24N2O. The Morgan fingerprint density at radius 1 is 1.16 bits per heavy atom. The summed E-state index contributed by atoms with van der Waals surface area (Å²) < 4.78 is 5.80. The van der Waals surface area contributed by atoms with Gasteiger partial charge < -0.3 is 10.1 Å². The summed E-state index contributed by atoms with van der Waals surface area (Å²) in [6, 6.07) is 10.1. The van der Waals surface area contributed by atoms with Crippen molar-refractivity contribution in [2.24, 2.45) is 0 Å². The molecule has 1 spiro atoms. The minimum absolute atomic E-state index is 0.422. The van der Waals surface area contributed by atoms with Crippen molar-refractivity contribution in [2.45, 2.75) is 31.2 Å². The second kappa shape index (κ2) is 5.93. The van der Waals surface area contributed by atoms with Crippen LogP contribution in [0.1, 0.15) is 25.7 Å². The van der Waals surface area contributed by atoms with Crippen molar-refractivity contribution in [2.75, 3.05) is 32.8 Å². The molecule has 1 N–H and O–H groups in total. The van der Waals surface area contributed by atoms with E-state index in [0.717, 1.165) is 32.0 Å². The number of nitrogens with one attached hydrogen (secondary N) is 1. The molecule has 2 aliphatic rings. The van der Waals surface area contributed by atoms with Crippen LogP contribution in [0.4, 0.5) is 0 Å². The molecule has 2 fully saturated rings. The second-order valence-corrected chi connectivity index (χ2v) is 5.85. The molecule has 1 aliphatic carbocycles. The number of para-hydroxylation sites is 1. The molecule has 1 saturated carbocycles. The van der Waals surface area contributed by atoms with E-state index < -0.39 is 0 Å². The van der Waals surface area contributed by atoms with Gasteiger partial charge in [0.2, 0.25) is 0 Å². The number of hydrogen-bond acceptors (Lipinski definition) is 3. The molecule has 1 aliphatic heterocycles. The zero-order valence-corrected chi connectivity index (χ0v) is 11.6. The van der Waals surface area contributed by atoms with Crippen LogP contribution in [0.2, 0.25) is 0 Å². The molecule has 0 radical (unpaired) electrons. The third-order valence-electron chi connectivity index (χ3n) is 4.43. The molecule has 0 atom stereocenters. The summed E-state index contributed by atoms with van der Waals surface area (Å²) in [5.74, 6) is 0.980. The Labute approximate surface area is 115 Å². The Balaban J connectivity index is 1.45. The van der Waals surface area contributed by atoms with E-state index in [2.05, 4.69) is 10.2 Å². The van der Waals surface area contributed by atoms with Crippen molar-refractivity contribution in [3.05, 3.63) is 30.3 Å². The molecule has 19 heavy (non-hydrogen) atoms. The van der Waals surface area contributed by atoms with Gasteiger partial charge in [-0.1, -0.05) is 31.0 Å². The van der Waals surface area contributed by atoms with E-state index >= 15 is 0 Å².